The summed E-state index contributed by atoms with van der Waals surface area (Å²) < 4.78 is 45.4. The van der Waals surface area contributed by atoms with Crippen molar-refractivity contribution in [2.24, 2.45) is 0 Å². The van der Waals surface area contributed by atoms with Crippen LogP contribution in [0.2, 0.25) is 5.02 Å². The molecular weight excluding hydrogens is 658 g/mol. The minimum atomic E-state index is -4.37. The number of aromatic nitrogens is 2. The first-order chi connectivity index (χ1) is 22.5. The van der Waals surface area contributed by atoms with E-state index in [1.807, 2.05) is 68.6 Å². The SMILES string of the molecule is CCN(C(=O)CN(c1cc(N(C)C)ccc1Cl)S(=O)(=O)c1ccc(OC)c(OC)c1)C(c1csnc1C)c1cccc2ncccc12. The number of pyridine rings is 1. The number of aryl methyl sites for hydroxylation is 1. The van der Waals surface area contributed by atoms with E-state index in [9.17, 15) is 13.2 Å². The van der Waals surface area contributed by atoms with Gasteiger partial charge in [0.15, 0.2) is 11.5 Å². The zero-order chi connectivity index (χ0) is 33.9. The molecular formula is C34H36ClN5O5S2. The molecule has 0 fully saturated rings. The third kappa shape index (κ3) is 6.71. The van der Waals surface area contributed by atoms with Crippen molar-refractivity contribution in [3.05, 3.63) is 100 Å². The third-order valence-corrected chi connectivity index (χ3v) is 10.8. The Kier molecular flexibility index (Phi) is 10.2. The summed E-state index contributed by atoms with van der Waals surface area (Å²) in [6, 6.07) is 18.4. The molecule has 1 atom stereocenters. The first-order valence-corrected chi connectivity index (χ1v) is 17.4. The molecule has 0 spiro atoms. The highest BCUT2D eigenvalue weighted by molar-refractivity contribution is 7.92. The predicted octanol–water partition coefficient (Wildman–Crippen LogP) is 6.57. The summed E-state index contributed by atoms with van der Waals surface area (Å²) in [5, 5.41) is 2.99. The lowest BCUT2D eigenvalue weighted by Crippen LogP contribution is -2.45. The van der Waals surface area contributed by atoms with Crippen LogP contribution in [0.25, 0.3) is 10.9 Å². The second-order valence-corrected chi connectivity index (χ2v) is 13.8. The van der Waals surface area contributed by atoms with Gasteiger partial charge in [0, 0.05) is 54.9 Å². The van der Waals surface area contributed by atoms with E-state index in [1.165, 1.54) is 44.0 Å². The number of amides is 1. The van der Waals surface area contributed by atoms with E-state index in [1.54, 1.807) is 29.3 Å². The van der Waals surface area contributed by atoms with Crippen LogP contribution in [0.15, 0.2) is 83.2 Å². The van der Waals surface area contributed by atoms with Crippen molar-refractivity contribution in [1.82, 2.24) is 14.3 Å². The van der Waals surface area contributed by atoms with E-state index in [-0.39, 0.29) is 27.9 Å². The maximum absolute atomic E-state index is 14.6. The van der Waals surface area contributed by atoms with Gasteiger partial charge in [-0.25, -0.2) is 8.42 Å². The molecule has 2 aromatic heterocycles. The number of fused-ring (bicyclic) bond motifs is 1. The fourth-order valence-electron chi connectivity index (χ4n) is 5.52. The normalized spacial score (nSPS) is 12.1. The maximum atomic E-state index is 14.6. The quantitative estimate of drug-likeness (QED) is 0.145. The van der Waals surface area contributed by atoms with Gasteiger partial charge in [0.25, 0.3) is 10.0 Å². The van der Waals surface area contributed by atoms with Gasteiger partial charge in [-0.1, -0.05) is 29.8 Å². The Hall–Kier alpha value is -4.39. The van der Waals surface area contributed by atoms with Gasteiger partial charge in [0.2, 0.25) is 5.91 Å². The number of methoxy groups -OCH3 is 2. The number of ether oxygens (including phenoxy) is 2. The molecule has 0 bridgehead atoms. The van der Waals surface area contributed by atoms with Crippen LogP contribution in [0.1, 0.15) is 29.8 Å². The van der Waals surface area contributed by atoms with Gasteiger partial charge in [-0.2, -0.15) is 4.37 Å². The van der Waals surface area contributed by atoms with E-state index in [0.717, 1.165) is 32.0 Å². The van der Waals surface area contributed by atoms with Gasteiger partial charge < -0.3 is 19.3 Å². The van der Waals surface area contributed by atoms with Gasteiger partial charge in [-0.15, -0.1) is 0 Å². The summed E-state index contributed by atoms with van der Waals surface area (Å²) in [6.45, 7) is 3.53. The average molecular weight is 694 g/mol. The van der Waals surface area contributed by atoms with Crippen LogP contribution in [0, 0.1) is 6.92 Å². The maximum Gasteiger partial charge on any atom is 0.264 e. The number of rotatable bonds is 12. The number of anilines is 2. The third-order valence-electron chi connectivity index (χ3n) is 7.97. The molecule has 246 valence electrons. The lowest BCUT2D eigenvalue weighted by Gasteiger charge is -2.34. The Morgan fingerprint density at radius 2 is 1.74 bits per heavy atom. The fourth-order valence-corrected chi connectivity index (χ4v) is 7.96. The molecule has 0 N–H and O–H groups in total. The van der Waals surface area contributed by atoms with E-state index < -0.39 is 28.5 Å². The van der Waals surface area contributed by atoms with Crippen LogP contribution in [-0.4, -0.2) is 70.0 Å². The molecule has 13 heteroatoms. The molecule has 5 rings (SSSR count). The molecule has 10 nitrogen and oxygen atoms in total. The number of likely N-dealkylation sites (N-methyl/N-ethyl adjacent to an activating group) is 1. The molecule has 0 radical (unpaired) electrons. The number of hydrogen-bond donors (Lipinski definition) is 0. The van der Waals surface area contributed by atoms with Gasteiger partial charge in [-0.05, 0) is 73.4 Å². The zero-order valence-electron chi connectivity index (χ0n) is 27.0. The molecule has 1 amide bonds. The van der Waals surface area contributed by atoms with Crippen LogP contribution in [0.4, 0.5) is 11.4 Å². The van der Waals surface area contributed by atoms with Crippen molar-refractivity contribution < 1.29 is 22.7 Å². The van der Waals surface area contributed by atoms with Gasteiger partial charge >= 0.3 is 0 Å². The molecule has 3 aromatic carbocycles. The molecule has 0 saturated heterocycles. The van der Waals surface area contributed by atoms with E-state index in [0.29, 0.717) is 11.4 Å². The molecule has 5 aromatic rings. The van der Waals surface area contributed by atoms with Crippen molar-refractivity contribution in [3.8, 4) is 11.5 Å². The molecule has 47 heavy (non-hydrogen) atoms. The topological polar surface area (TPSA) is 105 Å². The monoisotopic (exact) mass is 693 g/mol. The number of carbonyl (C=O) groups is 1. The van der Waals surface area contributed by atoms with Crippen LogP contribution in [-0.2, 0) is 14.8 Å². The van der Waals surface area contributed by atoms with Crippen LogP contribution in [0.3, 0.4) is 0 Å². The smallest absolute Gasteiger partial charge is 0.264 e. The first-order valence-electron chi connectivity index (χ1n) is 14.8. The fraction of sp³-hybridized carbons (Fsp3) is 0.265. The zero-order valence-corrected chi connectivity index (χ0v) is 29.4. The molecule has 0 saturated carbocycles. The highest BCUT2D eigenvalue weighted by Gasteiger charge is 2.35. The molecule has 0 aliphatic heterocycles. The molecule has 1 unspecified atom stereocenters. The van der Waals surface area contributed by atoms with Crippen molar-refractivity contribution in [1.29, 1.82) is 0 Å². The largest absolute Gasteiger partial charge is 0.493 e. The Morgan fingerprint density at radius 1 is 0.979 bits per heavy atom. The Labute approximate surface area is 284 Å². The summed E-state index contributed by atoms with van der Waals surface area (Å²) >= 11 is 8.02. The van der Waals surface area contributed by atoms with Gasteiger partial charge in [0.05, 0.1) is 47.1 Å². The lowest BCUT2D eigenvalue weighted by molar-refractivity contribution is -0.131. The summed E-state index contributed by atoms with van der Waals surface area (Å²) in [5.41, 5.74) is 4.14. The molecule has 0 aliphatic carbocycles. The predicted molar refractivity (Wildman–Crippen MR) is 188 cm³/mol. The Bertz CT molecular complexity index is 2010. The van der Waals surface area contributed by atoms with Gasteiger partial charge in [0.1, 0.15) is 6.54 Å². The summed E-state index contributed by atoms with van der Waals surface area (Å²) in [6.07, 6.45) is 1.73. The van der Waals surface area contributed by atoms with Gasteiger partial charge in [-0.3, -0.25) is 14.1 Å². The highest BCUT2D eigenvalue weighted by atomic mass is 35.5. The van der Waals surface area contributed by atoms with Crippen molar-refractivity contribution >= 4 is 61.3 Å². The minimum absolute atomic E-state index is 0.0909. The average Bonchev–Trinajstić information content (AvgIpc) is 3.50. The van der Waals surface area contributed by atoms with Crippen molar-refractivity contribution in [3.63, 3.8) is 0 Å². The minimum Gasteiger partial charge on any atom is -0.493 e. The van der Waals surface area contributed by atoms with Crippen LogP contribution in [0.5, 0.6) is 11.5 Å². The van der Waals surface area contributed by atoms with E-state index in [2.05, 4.69) is 9.36 Å². The second kappa shape index (κ2) is 14.2. The number of sulfonamides is 1. The lowest BCUT2D eigenvalue weighted by atomic mass is 9.94. The number of benzene rings is 3. The number of halogens is 1. The van der Waals surface area contributed by atoms with Crippen LogP contribution >= 0.6 is 23.1 Å². The summed E-state index contributed by atoms with van der Waals surface area (Å²) in [4.78, 5) is 22.6. The van der Waals surface area contributed by atoms with E-state index in [4.69, 9.17) is 21.1 Å². The number of nitrogens with zero attached hydrogens (tertiary/aromatic N) is 5. The van der Waals surface area contributed by atoms with Crippen molar-refractivity contribution in [2.75, 3.05) is 50.6 Å². The Balaban J connectivity index is 1.66. The van der Waals surface area contributed by atoms with Crippen molar-refractivity contribution in [2.45, 2.75) is 24.8 Å². The standard InChI is InChI=1S/C34H36ClN5O5S2/c1-7-39(34(27-21-46-37-22(27)2)26-10-8-12-29-25(26)11-9-17-36-29)33(41)20-40(30-18-23(38(3)4)13-15-28(30)35)47(42,43)24-14-16-31(44-5)32(19-24)45-6/h8-19,21,34H,7,20H2,1-6H3. The van der Waals surface area contributed by atoms with Crippen LogP contribution < -0.4 is 18.7 Å². The number of hydrogen-bond acceptors (Lipinski definition) is 9. The van der Waals surface area contributed by atoms with E-state index >= 15 is 0 Å². The summed E-state index contributed by atoms with van der Waals surface area (Å²) in [7, 11) is 2.20. The first kappa shape index (κ1) is 34.0. The molecule has 0 aliphatic rings. The highest BCUT2D eigenvalue weighted by Crippen LogP contribution is 2.39. The molecule has 2 heterocycles. The Morgan fingerprint density at radius 3 is 2.40 bits per heavy atom. The summed E-state index contributed by atoms with van der Waals surface area (Å²) in [5.74, 6) is 0.165. The number of carbonyl (C=O) groups excluding carboxylic acids is 1. The second-order valence-electron chi connectivity index (χ2n) is 10.9.